The first-order valence-corrected chi connectivity index (χ1v) is 7.94. The summed E-state index contributed by atoms with van der Waals surface area (Å²) in [6.45, 7) is 3.91. The molecule has 1 saturated carbocycles. The van der Waals surface area contributed by atoms with Crippen LogP contribution in [0, 0.1) is 16.7 Å². The molecule has 0 atom stereocenters. The van der Waals surface area contributed by atoms with Crippen molar-refractivity contribution in [2.24, 2.45) is 5.41 Å². The molecule has 102 valence electrons. The van der Waals surface area contributed by atoms with Gasteiger partial charge in [-0.3, -0.25) is 0 Å². The van der Waals surface area contributed by atoms with E-state index in [1.807, 2.05) is 0 Å². The Morgan fingerprint density at radius 2 is 1.56 bits per heavy atom. The van der Waals surface area contributed by atoms with Crippen molar-refractivity contribution in [1.29, 1.82) is 5.26 Å². The van der Waals surface area contributed by atoms with E-state index >= 15 is 0 Å². The largest absolute Gasteiger partial charge is 0.303 e. The third-order valence-electron chi connectivity index (χ3n) is 5.09. The third-order valence-corrected chi connectivity index (χ3v) is 5.09. The average Bonchev–Trinajstić information content (AvgIpc) is 2.45. The molecule has 0 radical (unpaired) electrons. The quantitative estimate of drug-likeness (QED) is 0.732. The van der Waals surface area contributed by atoms with Crippen LogP contribution < -0.4 is 0 Å². The van der Waals surface area contributed by atoms with Crippen molar-refractivity contribution in [3.05, 3.63) is 0 Å². The highest BCUT2D eigenvalue weighted by molar-refractivity contribution is 4.87. The Hall–Kier alpha value is -0.550. The van der Waals surface area contributed by atoms with Crippen molar-refractivity contribution in [2.45, 2.75) is 70.6 Å². The van der Waals surface area contributed by atoms with Crippen molar-refractivity contribution in [2.75, 3.05) is 19.6 Å². The molecular weight excluding hydrogens is 220 g/mol. The highest BCUT2D eigenvalue weighted by atomic mass is 15.1. The van der Waals surface area contributed by atoms with Gasteiger partial charge in [-0.05, 0) is 63.6 Å². The van der Waals surface area contributed by atoms with E-state index in [0.29, 0.717) is 5.41 Å². The second-order valence-corrected chi connectivity index (χ2v) is 6.37. The SMILES string of the molecule is N#CCCC1(CCN2CCCCC2)CCCCC1. The van der Waals surface area contributed by atoms with Gasteiger partial charge in [-0.2, -0.15) is 5.26 Å². The van der Waals surface area contributed by atoms with Crippen LogP contribution in [0.2, 0.25) is 0 Å². The summed E-state index contributed by atoms with van der Waals surface area (Å²) in [6.07, 6.45) is 14.4. The zero-order valence-corrected chi connectivity index (χ0v) is 11.8. The molecule has 0 bridgehead atoms. The molecule has 0 N–H and O–H groups in total. The van der Waals surface area contributed by atoms with Crippen LogP contribution in [0.25, 0.3) is 0 Å². The monoisotopic (exact) mass is 248 g/mol. The number of nitrogens with zero attached hydrogens (tertiary/aromatic N) is 2. The summed E-state index contributed by atoms with van der Waals surface area (Å²) in [5.41, 5.74) is 0.519. The summed E-state index contributed by atoms with van der Waals surface area (Å²) in [7, 11) is 0. The van der Waals surface area contributed by atoms with Gasteiger partial charge in [0, 0.05) is 6.42 Å². The Kier molecular flexibility index (Phi) is 5.50. The van der Waals surface area contributed by atoms with Crippen LogP contribution in [-0.4, -0.2) is 24.5 Å². The molecule has 2 fully saturated rings. The minimum Gasteiger partial charge on any atom is -0.303 e. The molecule has 2 nitrogen and oxygen atoms in total. The van der Waals surface area contributed by atoms with E-state index in [2.05, 4.69) is 11.0 Å². The Balaban J connectivity index is 1.82. The fraction of sp³-hybridized carbons (Fsp3) is 0.938. The van der Waals surface area contributed by atoms with Crippen molar-refractivity contribution in [3.8, 4) is 6.07 Å². The van der Waals surface area contributed by atoms with E-state index < -0.39 is 0 Å². The average molecular weight is 248 g/mol. The first-order valence-electron chi connectivity index (χ1n) is 7.94. The van der Waals surface area contributed by atoms with Crippen molar-refractivity contribution < 1.29 is 0 Å². The van der Waals surface area contributed by atoms with Gasteiger partial charge in [0.1, 0.15) is 0 Å². The van der Waals surface area contributed by atoms with E-state index in [9.17, 15) is 0 Å². The van der Waals surface area contributed by atoms with E-state index in [0.717, 1.165) is 12.8 Å². The normalized spacial score (nSPS) is 24.6. The molecular formula is C16H28N2. The summed E-state index contributed by atoms with van der Waals surface area (Å²) in [4.78, 5) is 2.66. The van der Waals surface area contributed by atoms with Gasteiger partial charge in [0.05, 0.1) is 6.07 Å². The highest BCUT2D eigenvalue weighted by Gasteiger charge is 2.31. The van der Waals surface area contributed by atoms with Gasteiger partial charge in [-0.1, -0.05) is 25.7 Å². The van der Waals surface area contributed by atoms with Gasteiger partial charge in [0.15, 0.2) is 0 Å². The maximum absolute atomic E-state index is 8.87. The number of hydrogen-bond acceptors (Lipinski definition) is 2. The van der Waals surface area contributed by atoms with Crippen molar-refractivity contribution in [1.82, 2.24) is 4.90 Å². The summed E-state index contributed by atoms with van der Waals surface area (Å²) in [6, 6.07) is 2.36. The Morgan fingerprint density at radius 3 is 2.22 bits per heavy atom. The summed E-state index contributed by atoms with van der Waals surface area (Å²) < 4.78 is 0. The molecule has 2 aliphatic rings. The molecule has 0 spiro atoms. The van der Waals surface area contributed by atoms with E-state index in [1.165, 1.54) is 77.4 Å². The summed E-state index contributed by atoms with van der Waals surface area (Å²) >= 11 is 0. The second-order valence-electron chi connectivity index (χ2n) is 6.37. The first kappa shape index (κ1) is 13.9. The third kappa shape index (κ3) is 3.99. The molecule has 0 aromatic rings. The zero-order chi connectivity index (χ0) is 12.7. The molecule has 2 rings (SSSR count). The van der Waals surface area contributed by atoms with E-state index in [1.54, 1.807) is 0 Å². The number of likely N-dealkylation sites (tertiary alicyclic amines) is 1. The molecule has 2 heteroatoms. The molecule has 1 heterocycles. The molecule has 0 aromatic carbocycles. The molecule has 18 heavy (non-hydrogen) atoms. The van der Waals surface area contributed by atoms with Crippen LogP contribution in [0.3, 0.4) is 0 Å². The Labute approximate surface area is 112 Å². The Bertz CT molecular complexity index is 267. The van der Waals surface area contributed by atoms with Crippen LogP contribution in [-0.2, 0) is 0 Å². The van der Waals surface area contributed by atoms with Gasteiger partial charge in [-0.25, -0.2) is 0 Å². The molecule has 1 saturated heterocycles. The smallest absolute Gasteiger partial charge is 0.0621 e. The predicted octanol–water partition coefficient (Wildman–Crippen LogP) is 4.12. The number of rotatable bonds is 5. The first-order chi connectivity index (χ1) is 8.85. The van der Waals surface area contributed by atoms with Crippen LogP contribution in [0.15, 0.2) is 0 Å². The van der Waals surface area contributed by atoms with E-state index in [4.69, 9.17) is 5.26 Å². The topological polar surface area (TPSA) is 27.0 Å². The van der Waals surface area contributed by atoms with Crippen LogP contribution in [0.4, 0.5) is 0 Å². The van der Waals surface area contributed by atoms with Crippen molar-refractivity contribution >= 4 is 0 Å². The fourth-order valence-electron chi connectivity index (χ4n) is 3.83. The number of nitriles is 1. The fourth-order valence-corrected chi connectivity index (χ4v) is 3.83. The van der Waals surface area contributed by atoms with Crippen LogP contribution in [0.5, 0.6) is 0 Å². The lowest BCUT2D eigenvalue weighted by atomic mass is 9.69. The molecule has 1 aliphatic heterocycles. The lowest BCUT2D eigenvalue weighted by Gasteiger charge is -2.39. The highest BCUT2D eigenvalue weighted by Crippen LogP contribution is 2.43. The van der Waals surface area contributed by atoms with E-state index in [-0.39, 0.29) is 0 Å². The molecule has 0 unspecified atom stereocenters. The molecule has 0 amide bonds. The van der Waals surface area contributed by atoms with Crippen LogP contribution >= 0.6 is 0 Å². The van der Waals surface area contributed by atoms with Crippen LogP contribution in [0.1, 0.15) is 70.6 Å². The summed E-state index contributed by atoms with van der Waals surface area (Å²) in [5, 5.41) is 8.87. The van der Waals surface area contributed by atoms with Gasteiger partial charge >= 0.3 is 0 Å². The lowest BCUT2D eigenvalue weighted by Crippen LogP contribution is -2.35. The molecule has 0 aromatic heterocycles. The minimum atomic E-state index is 0.519. The predicted molar refractivity (Wildman–Crippen MR) is 75.3 cm³/mol. The number of piperidine rings is 1. The second kappa shape index (κ2) is 7.14. The van der Waals surface area contributed by atoms with Gasteiger partial charge in [-0.15, -0.1) is 0 Å². The zero-order valence-electron chi connectivity index (χ0n) is 11.8. The van der Waals surface area contributed by atoms with Crippen molar-refractivity contribution in [3.63, 3.8) is 0 Å². The summed E-state index contributed by atoms with van der Waals surface area (Å²) in [5.74, 6) is 0. The van der Waals surface area contributed by atoms with Gasteiger partial charge in [0.2, 0.25) is 0 Å². The maximum atomic E-state index is 8.87. The maximum Gasteiger partial charge on any atom is 0.0621 e. The number of hydrogen-bond donors (Lipinski definition) is 0. The standard InChI is InChI=1S/C16H28N2/c17-12-7-10-16(8-3-1-4-9-16)11-15-18-13-5-2-6-14-18/h1-11,13-15H2. The Morgan fingerprint density at radius 1 is 0.889 bits per heavy atom. The van der Waals surface area contributed by atoms with Gasteiger partial charge in [0.25, 0.3) is 0 Å². The lowest BCUT2D eigenvalue weighted by molar-refractivity contribution is 0.121. The molecule has 1 aliphatic carbocycles. The van der Waals surface area contributed by atoms with Gasteiger partial charge < -0.3 is 4.90 Å². The minimum absolute atomic E-state index is 0.519.